The van der Waals surface area contributed by atoms with E-state index in [2.05, 4.69) is 5.32 Å². The lowest BCUT2D eigenvalue weighted by Crippen LogP contribution is -2.28. The minimum Gasteiger partial charge on any atom is -0.504 e. The smallest absolute Gasteiger partial charge is 0.303 e. The predicted molar refractivity (Wildman–Crippen MR) is 73.0 cm³/mol. The van der Waals surface area contributed by atoms with Crippen LogP contribution < -0.4 is 10.1 Å². The average Bonchev–Trinajstić information content (AvgIpc) is 2.42. The van der Waals surface area contributed by atoms with Crippen molar-refractivity contribution in [1.29, 1.82) is 0 Å². The Kier molecular flexibility index (Phi) is 5.83. The van der Waals surface area contributed by atoms with Crippen LogP contribution in [-0.2, 0) is 4.79 Å². The molecule has 0 saturated heterocycles. The van der Waals surface area contributed by atoms with Crippen LogP contribution in [0.25, 0.3) is 0 Å². The van der Waals surface area contributed by atoms with Crippen LogP contribution >= 0.6 is 0 Å². The summed E-state index contributed by atoms with van der Waals surface area (Å²) in [6.07, 6.45) is 0.587. The van der Waals surface area contributed by atoms with E-state index in [1.54, 1.807) is 6.07 Å². The zero-order valence-electron chi connectivity index (χ0n) is 11.5. The maximum atomic E-state index is 11.9. The molecule has 110 valence electrons. The molecule has 6 nitrogen and oxygen atoms in total. The summed E-state index contributed by atoms with van der Waals surface area (Å²) in [5.74, 6) is -0.884. The van der Waals surface area contributed by atoms with Crippen molar-refractivity contribution in [3.05, 3.63) is 23.8 Å². The van der Waals surface area contributed by atoms with Crippen molar-refractivity contribution in [1.82, 2.24) is 5.32 Å². The first-order valence-electron chi connectivity index (χ1n) is 6.31. The van der Waals surface area contributed by atoms with Crippen molar-refractivity contribution in [2.24, 2.45) is 5.92 Å². The molecular formula is C14H19NO5. The fourth-order valence-corrected chi connectivity index (χ4v) is 1.67. The zero-order valence-corrected chi connectivity index (χ0v) is 11.5. The first kappa shape index (κ1) is 15.8. The third kappa shape index (κ3) is 4.79. The van der Waals surface area contributed by atoms with Crippen molar-refractivity contribution in [2.45, 2.75) is 19.8 Å². The zero-order chi connectivity index (χ0) is 15.1. The van der Waals surface area contributed by atoms with Gasteiger partial charge in [-0.15, -0.1) is 0 Å². The Hall–Kier alpha value is -2.24. The standard InChI is InChI=1S/C14H19NO5/c1-9(3-6-13(17)18)8-15-14(19)10-4-5-12(20-2)11(16)7-10/h4-5,7,9,16H,3,6,8H2,1-2H3,(H,15,19)(H,17,18). The molecule has 1 rings (SSSR count). The van der Waals surface area contributed by atoms with Crippen molar-refractivity contribution in [2.75, 3.05) is 13.7 Å². The Morgan fingerprint density at radius 3 is 2.65 bits per heavy atom. The fraction of sp³-hybridized carbons (Fsp3) is 0.429. The van der Waals surface area contributed by atoms with Crippen molar-refractivity contribution in [3.8, 4) is 11.5 Å². The van der Waals surface area contributed by atoms with E-state index < -0.39 is 5.97 Å². The minimum atomic E-state index is -0.844. The summed E-state index contributed by atoms with van der Waals surface area (Å²) in [7, 11) is 1.43. The van der Waals surface area contributed by atoms with Gasteiger partial charge < -0.3 is 20.3 Å². The van der Waals surface area contributed by atoms with E-state index in [-0.39, 0.29) is 24.0 Å². The molecule has 0 aromatic heterocycles. The maximum Gasteiger partial charge on any atom is 0.303 e. The van der Waals surface area contributed by atoms with E-state index in [4.69, 9.17) is 9.84 Å². The number of carboxylic acid groups (broad SMARTS) is 1. The molecule has 0 radical (unpaired) electrons. The summed E-state index contributed by atoms with van der Waals surface area (Å²) < 4.78 is 4.89. The first-order valence-corrected chi connectivity index (χ1v) is 6.31. The number of amides is 1. The molecule has 0 fully saturated rings. The van der Waals surface area contributed by atoms with Crippen LogP contribution in [0.15, 0.2) is 18.2 Å². The number of phenols is 1. The Bertz CT molecular complexity index is 486. The Morgan fingerprint density at radius 1 is 1.40 bits per heavy atom. The fourth-order valence-electron chi connectivity index (χ4n) is 1.67. The first-order chi connectivity index (χ1) is 9.43. The number of nitrogens with one attached hydrogen (secondary N) is 1. The molecular weight excluding hydrogens is 262 g/mol. The number of ether oxygens (including phenoxy) is 1. The summed E-state index contributed by atoms with van der Waals surface area (Å²) in [6, 6.07) is 4.39. The number of carboxylic acids is 1. The highest BCUT2D eigenvalue weighted by Gasteiger charge is 2.11. The molecule has 1 unspecified atom stereocenters. The number of aliphatic carboxylic acids is 1. The molecule has 0 spiro atoms. The molecule has 1 atom stereocenters. The highest BCUT2D eigenvalue weighted by atomic mass is 16.5. The van der Waals surface area contributed by atoms with E-state index >= 15 is 0 Å². The molecule has 0 saturated carbocycles. The van der Waals surface area contributed by atoms with Crippen LogP contribution in [0.2, 0.25) is 0 Å². The molecule has 6 heteroatoms. The Labute approximate surface area is 117 Å². The van der Waals surface area contributed by atoms with E-state index in [9.17, 15) is 14.7 Å². The van der Waals surface area contributed by atoms with Gasteiger partial charge in [-0.05, 0) is 30.5 Å². The number of rotatable bonds is 7. The van der Waals surface area contributed by atoms with Crippen LogP contribution in [0.4, 0.5) is 0 Å². The number of hydrogen-bond acceptors (Lipinski definition) is 4. The maximum absolute atomic E-state index is 11.9. The van der Waals surface area contributed by atoms with Crippen molar-refractivity contribution in [3.63, 3.8) is 0 Å². The van der Waals surface area contributed by atoms with Gasteiger partial charge in [-0.1, -0.05) is 6.92 Å². The average molecular weight is 281 g/mol. The van der Waals surface area contributed by atoms with E-state index in [0.717, 1.165) is 0 Å². The van der Waals surface area contributed by atoms with Gasteiger partial charge in [0.25, 0.3) is 5.91 Å². The number of hydrogen-bond donors (Lipinski definition) is 3. The van der Waals surface area contributed by atoms with Gasteiger partial charge in [-0.25, -0.2) is 0 Å². The lowest BCUT2D eigenvalue weighted by molar-refractivity contribution is -0.137. The molecule has 0 bridgehead atoms. The summed E-state index contributed by atoms with van der Waals surface area (Å²) in [5, 5.41) is 20.9. The second-order valence-corrected chi connectivity index (χ2v) is 4.63. The largest absolute Gasteiger partial charge is 0.504 e. The quantitative estimate of drug-likeness (QED) is 0.706. The van der Waals surface area contributed by atoms with Gasteiger partial charge in [0.15, 0.2) is 11.5 Å². The molecule has 1 aromatic carbocycles. The molecule has 3 N–H and O–H groups in total. The highest BCUT2D eigenvalue weighted by Crippen LogP contribution is 2.26. The van der Waals surface area contributed by atoms with Gasteiger partial charge in [0.05, 0.1) is 7.11 Å². The topological polar surface area (TPSA) is 95.9 Å². The molecule has 0 aliphatic rings. The third-order valence-electron chi connectivity index (χ3n) is 2.90. The van der Waals surface area contributed by atoms with Crippen LogP contribution in [0.5, 0.6) is 11.5 Å². The Morgan fingerprint density at radius 2 is 2.10 bits per heavy atom. The van der Waals surface area contributed by atoms with Gasteiger partial charge in [0, 0.05) is 18.5 Å². The summed E-state index contributed by atoms with van der Waals surface area (Å²) in [4.78, 5) is 22.3. The van der Waals surface area contributed by atoms with E-state index in [0.29, 0.717) is 24.3 Å². The Balaban J connectivity index is 2.50. The van der Waals surface area contributed by atoms with Crippen LogP contribution in [0.1, 0.15) is 30.1 Å². The number of phenolic OH excluding ortho intramolecular Hbond substituents is 1. The lowest BCUT2D eigenvalue weighted by atomic mass is 10.1. The third-order valence-corrected chi connectivity index (χ3v) is 2.90. The van der Waals surface area contributed by atoms with Gasteiger partial charge >= 0.3 is 5.97 Å². The number of benzene rings is 1. The number of aromatic hydroxyl groups is 1. The SMILES string of the molecule is COc1ccc(C(=O)NCC(C)CCC(=O)O)cc1O. The minimum absolute atomic E-state index is 0.0712. The number of methoxy groups -OCH3 is 1. The molecule has 20 heavy (non-hydrogen) atoms. The van der Waals surface area contributed by atoms with Crippen LogP contribution in [0, 0.1) is 5.92 Å². The van der Waals surface area contributed by atoms with Gasteiger partial charge in [-0.3, -0.25) is 9.59 Å². The van der Waals surface area contributed by atoms with Crippen molar-refractivity contribution >= 4 is 11.9 Å². The molecule has 1 amide bonds. The predicted octanol–water partition coefficient (Wildman–Crippen LogP) is 1.63. The molecule has 1 aromatic rings. The van der Waals surface area contributed by atoms with Gasteiger partial charge in [0.1, 0.15) is 0 Å². The van der Waals surface area contributed by atoms with Gasteiger partial charge in [0.2, 0.25) is 0 Å². The van der Waals surface area contributed by atoms with Gasteiger partial charge in [-0.2, -0.15) is 0 Å². The normalized spacial score (nSPS) is 11.7. The second kappa shape index (κ2) is 7.37. The highest BCUT2D eigenvalue weighted by molar-refractivity contribution is 5.94. The monoisotopic (exact) mass is 281 g/mol. The van der Waals surface area contributed by atoms with E-state index in [1.165, 1.54) is 19.2 Å². The summed E-state index contributed by atoms with van der Waals surface area (Å²) in [6.45, 7) is 2.26. The summed E-state index contributed by atoms with van der Waals surface area (Å²) >= 11 is 0. The number of carbonyl (C=O) groups is 2. The van der Waals surface area contributed by atoms with Crippen LogP contribution in [0.3, 0.4) is 0 Å². The second-order valence-electron chi connectivity index (χ2n) is 4.63. The molecule has 0 aliphatic heterocycles. The number of carbonyl (C=O) groups excluding carboxylic acids is 1. The lowest BCUT2D eigenvalue weighted by Gasteiger charge is -2.12. The summed E-state index contributed by atoms with van der Waals surface area (Å²) in [5.41, 5.74) is 0.328. The van der Waals surface area contributed by atoms with Crippen molar-refractivity contribution < 1.29 is 24.5 Å². The van der Waals surface area contributed by atoms with E-state index in [1.807, 2.05) is 6.92 Å². The van der Waals surface area contributed by atoms with Crippen LogP contribution in [-0.4, -0.2) is 35.7 Å². The molecule has 0 heterocycles. The molecule has 0 aliphatic carbocycles.